The van der Waals surface area contributed by atoms with Gasteiger partial charge in [0.1, 0.15) is 10.5 Å². The maximum absolute atomic E-state index is 12.9. The standard InChI is InChI=1S/C12H17F3OSi/c1-12(2,16-17)5-3-4-8-6-9(13)11(15)10(14)7-8/h6-7H,3-5H2,1-2,17H3. The smallest absolute Gasteiger partial charge is 0.194 e. The molecule has 17 heavy (non-hydrogen) atoms. The minimum atomic E-state index is -1.41. The van der Waals surface area contributed by atoms with E-state index in [1.807, 2.05) is 13.8 Å². The second-order valence-electron chi connectivity index (χ2n) is 4.69. The molecular weight excluding hydrogens is 245 g/mol. The highest BCUT2D eigenvalue weighted by atomic mass is 28.2. The maximum Gasteiger partial charge on any atom is 0.194 e. The molecule has 1 nitrogen and oxygen atoms in total. The van der Waals surface area contributed by atoms with Crippen LogP contribution in [0.1, 0.15) is 32.3 Å². The Morgan fingerprint density at radius 2 is 1.71 bits per heavy atom. The van der Waals surface area contributed by atoms with Gasteiger partial charge in [0.05, 0.1) is 0 Å². The first-order valence-electron chi connectivity index (χ1n) is 5.54. The summed E-state index contributed by atoms with van der Waals surface area (Å²) in [5.74, 6) is -3.66. The van der Waals surface area contributed by atoms with Gasteiger partial charge in [0, 0.05) is 5.60 Å². The average Bonchev–Trinajstić information content (AvgIpc) is 2.25. The zero-order valence-electron chi connectivity index (χ0n) is 10.3. The molecule has 0 aliphatic carbocycles. The molecular formula is C12H17F3OSi. The predicted molar refractivity (Wildman–Crippen MR) is 64.4 cm³/mol. The third-order valence-corrected chi connectivity index (χ3v) is 3.95. The fourth-order valence-corrected chi connectivity index (χ4v) is 1.78. The van der Waals surface area contributed by atoms with Crippen LogP contribution >= 0.6 is 0 Å². The number of hydrogen-bond donors (Lipinski definition) is 0. The molecule has 0 fully saturated rings. The Bertz CT molecular complexity index is 370. The van der Waals surface area contributed by atoms with Gasteiger partial charge in [-0.05, 0) is 50.8 Å². The molecule has 0 spiro atoms. The molecule has 0 aliphatic heterocycles. The molecule has 0 N–H and O–H groups in total. The van der Waals surface area contributed by atoms with Crippen LogP contribution in [0.2, 0.25) is 0 Å². The van der Waals surface area contributed by atoms with Crippen molar-refractivity contribution < 1.29 is 17.6 Å². The summed E-state index contributed by atoms with van der Waals surface area (Å²) in [5.41, 5.74) is 0.286. The summed E-state index contributed by atoms with van der Waals surface area (Å²) >= 11 is 0. The van der Waals surface area contributed by atoms with Crippen LogP contribution in [0.25, 0.3) is 0 Å². The summed E-state index contributed by atoms with van der Waals surface area (Å²) in [5, 5.41) is 0. The molecule has 0 unspecified atom stereocenters. The molecule has 0 saturated carbocycles. The molecule has 1 aromatic rings. The Hall–Kier alpha value is -0.813. The molecule has 5 heteroatoms. The predicted octanol–water partition coefficient (Wildman–Crippen LogP) is 2.50. The molecule has 0 saturated heterocycles. The first kappa shape index (κ1) is 14.2. The average molecular weight is 262 g/mol. The molecule has 0 aliphatic rings. The monoisotopic (exact) mass is 262 g/mol. The molecule has 96 valence electrons. The van der Waals surface area contributed by atoms with Crippen LogP contribution in [0.4, 0.5) is 13.2 Å². The summed E-state index contributed by atoms with van der Waals surface area (Å²) in [7, 11) is 0.661. The van der Waals surface area contributed by atoms with Crippen molar-refractivity contribution in [3.8, 4) is 0 Å². The van der Waals surface area contributed by atoms with Gasteiger partial charge < -0.3 is 4.43 Å². The van der Waals surface area contributed by atoms with Crippen LogP contribution in [0.3, 0.4) is 0 Å². The lowest BCUT2D eigenvalue weighted by molar-refractivity contribution is 0.110. The summed E-state index contributed by atoms with van der Waals surface area (Å²) in [4.78, 5) is 0. The Kier molecular flexibility index (Phi) is 4.77. The normalized spacial score (nSPS) is 12.1. The van der Waals surface area contributed by atoms with Gasteiger partial charge in [-0.1, -0.05) is 0 Å². The van der Waals surface area contributed by atoms with Crippen LogP contribution in [0.5, 0.6) is 0 Å². The maximum atomic E-state index is 12.9. The van der Waals surface area contributed by atoms with Crippen molar-refractivity contribution in [1.29, 1.82) is 0 Å². The first-order chi connectivity index (χ1) is 7.85. The van der Waals surface area contributed by atoms with Crippen molar-refractivity contribution >= 4 is 10.5 Å². The molecule has 0 aromatic heterocycles. The van der Waals surface area contributed by atoms with Gasteiger partial charge in [-0.2, -0.15) is 0 Å². The highest BCUT2D eigenvalue weighted by molar-refractivity contribution is 5.98. The van der Waals surface area contributed by atoms with Gasteiger partial charge >= 0.3 is 0 Å². The van der Waals surface area contributed by atoms with Crippen molar-refractivity contribution in [1.82, 2.24) is 0 Å². The van der Waals surface area contributed by atoms with E-state index in [4.69, 9.17) is 4.43 Å². The third kappa shape index (κ3) is 4.16. The van der Waals surface area contributed by atoms with Gasteiger partial charge in [-0.25, -0.2) is 13.2 Å². The van der Waals surface area contributed by atoms with Gasteiger partial charge in [0.25, 0.3) is 0 Å². The van der Waals surface area contributed by atoms with E-state index in [-0.39, 0.29) is 5.60 Å². The van der Waals surface area contributed by atoms with Crippen LogP contribution in [0, 0.1) is 17.5 Å². The molecule has 1 aromatic carbocycles. The number of aryl methyl sites for hydroxylation is 1. The summed E-state index contributed by atoms with van der Waals surface area (Å²) < 4.78 is 44.0. The molecule has 0 bridgehead atoms. The van der Waals surface area contributed by atoms with E-state index in [1.54, 1.807) is 0 Å². The van der Waals surface area contributed by atoms with Gasteiger partial charge in [-0.15, -0.1) is 0 Å². The Morgan fingerprint density at radius 3 is 2.18 bits per heavy atom. The van der Waals surface area contributed by atoms with Crippen molar-refractivity contribution in [3.05, 3.63) is 35.1 Å². The topological polar surface area (TPSA) is 9.23 Å². The summed E-state index contributed by atoms with van der Waals surface area (Å²) in [6.45, 7) is 3.96. The van der Waals surface area contributed by atoms with E-state index in [9.17, 15) is 13.2 Å². The van der Waals surface area contributed by atoms with Crippen LogP contribution in [-0.4, -0.2) is 16.1 Å². The molecule has 1 rings (SSSR count). The van der Waals surface area contributed by atoms with E-state index in [1.165, 1.54) is 0 Å². The summed E-state index contributed by atoms with van der Waals surface area (Å²) in [6, 6.07) is 2.10. The lowest BCUT2D eigenvalue weighted by Gasteiger charge is -2.23. The Labute approximate surface area is 103 Å². The molecule has 0 radical (unpaired) electrons. The number of benzene rings is 1. The summed E-state index contributed by atoms with van der Waals surface area (Å²) in [6.07, 6.45) is 2.07. The van der Waals surface area contributed by atoms with Crippen LogP contribution in [0.15, 0.2) is 12.1 Å². The largest absolute Gasteiger partial charge is 0.423 e. The lowest BCUT2D eigenvalue weighted by Crippen LogP contribution is -2.22. The molecule has 0 heterocycles. The van der Waals surface area contributed by atoms with E-state index in [0.29, 0.717) is 22.5 Å². The quantitative estimate of drug-likeness (QED) is 0.585. The van der Waals surface area contributed by atoms with Crippen molar-refractivity contribution in [2.75, 3.05) is 0 Å². The fourth-order valence-electron chi connectivity index (χ4n) is 1.57. The van der Waals surface area contributed by atoms with Crippen LogP contribution < -0.4 is 0 Å². The van der Waals surface area contributed by atoms with E-state index in [0.717, 1.165) is 25.0 Å². The highest BCUT2D eigenvalue weighted by Crippen LogP contribution is 2.19. The zero-order chi connectivity index (χ0) is 13.1. The molecule has 0 atom stereocenters. The Balaban J connectivity index is 2.59. The Morgan fingerprint density at radius 1 is 1.18 bits per heavy atom. The first-order valence-corrected chi connectivity index (χ1v) is 6.36. The van der Waals surface area contributed by atoms with Gasteiger partial charge in [0.15, 0.2) is 17.5 Å². The van der Waals surface area contributed by atoms with E-state index in [2.05, 4.69) is 0 Å². The van der Waals surface area contributed by atoms with Crippen molar-refractivity contribution in [3.63, 3.8) is 0 Å². The lowest BCUT2D eigenvalue weighted by atomic mass is 9.99. The van der Waals surface area contributed by atoms with Crippen LogP contribution in [-0.2, 0) is 10.8 Å². The van der Waals surface area contributed by atoms with Gasteiger partial charge in [-0.3, -0.25) is 0 Å². The number of halogens is 3. The fraction of sp³-hybridized carbons (Fsp3) is 0.500. The minimum Gasteiger partial charge on any atom is -0.423 e. The zero-order valence-corrected chi connectivity index (χ0v) is 12.3. The van der Waals surface area contributed by atoms with Crippen molar-refractivity contribution in [2.24, 2.45) is 0 Å². The highest BCUT2D eigenvalue weighted by Gasteiger charge is 2.15. The second kappa shape index (κ2) is 5.69. The minimum absolute atomic E-state index is 0.191. The SMILES string of the molecule is CC(C)(CCCc1cc(F)c(F)c(F)c1)O[SiH3]. The number of hydrogen-bond acceptors (Lipinski definition) is 1. The van der Waals surface area contributed by atoms with Crippen molar-refractivity contribution in [2.45, 2.75) is 38.7 Å². The van der Waals surface area contributed by atoms with E-state index >= 15 is 0 Å². The number of rotatable bonds is 5. The van der Waals surface area contributed by atoms with E-state index < -0.39 is 17.5 Å². The molecule has 0 amide bonds. The van der Waals surface area contributed by atoms with Gasteiger partial charge in [0.2, 0.25) is 0 Å². The third-order valence-electron chi connectivity index (χ3n) is 2.84. The second-order valence-corrected chi connectivity index (χ2v) is 5.10.